The smallest absolute Gasteiger partial charge is 0.345 e. The molecule has 0 spiro atoms. The molecule has 0 bridgehead atoms. The van der Waals surface area contributed by atoms with Gasteiger partial charge in [0.2, 0.25) is 6.10 Å². The molecule has 0 saturated heterocycles. The van der Waals surface area contributed by atoms with E-state index in [-0.39, 0.29) is 0 Å². The summed E-state index contributed by atoms with van der Waals surface area (Å²) in [4.78, 5) is 22.2. The number of ether oxygens (including phenoxy) is 1. The Morgan fingerprint density at radius 2 is 1.78 bits per heavy atom. The Hall–Kier alpha value is -0.710. The highest BCUT2D eigenvalue weighted by molar-refractivity contribution is 7.98. The number of carbonyl (C=O) groups excluding carboxylic acids is 1. The first-order chi connectivity index (χ1) is 8.61. The van der Waals surface area contributed by atoms with Crippen molar-refractivity contribution in [2.45, 2.75) is 58.0 Å². The summed E-state index contributed by atoms with van der Waals surface area (Å²) in [6, 6.07) is 0. The fourth-order valence-electron chi connectivity index (χ4n) is 1.57. The Morgan fingerprint density at radius 3 is 2.33 bits per heavy atom. The molecule has 0 aliphatic carbocycles. The van der Waals surface area contributed by atoms with Crippen LogP contribution in [0.25, 0.3) is 0 Å². The van der Waals surface area contributed by atoms with E-state index in [1.165, 1.54) is 31.0 Å². The van der Waals surface area contributed by atoms with Gasteiger partial charge in [0.1, 0.15) is 0 Å². The maximum Gasteiger partial charge on any atom is 0.345 e. The highest BCUT2D eigenvalue weighted by Crippen LogP contribution is 2.09. The molecule has 106 valence electrons. The average Bonchev–Trinajstić information content (AvgIpc) is 2.33. The predicted octanol–water partition coefficient (Wildman–Crippen LogP) is 3.10. The van der Waals surface area contributed by atoms with E-state index in [1.807, 2.05) is 0 Å². The summed E-state index contributed by atoms with van der Waals surface area (Å²) in [5.41, 5.74) is 0. The zero-order valence-corrected chi connectivity index (χ0v) is 12.1. The van der Waals surface area contributed by atoms with Crippen molar-refractivity contribution in [2.24, 2.45) is 0 Å². The number of thioether (sulfide) groups is 1. The number of aliphatic carboxylic acids is 1. The number of carboxylic acid groups (broad SMARTS) is 1. The molecule has 0 aliphatic rings. The lowest BCUT2D eigenvalue weighted by molar-refractivity contribution is -0.162. The van der Waals surface area contributed by atoms with Crippen LogP contribution in [0.3, 0.4) is 0 Å². The molecule has 0 rings (SSSR count). The Bertz CT molecular complexity index is 243. The molecule has 0 fully saturated rings. The van der Waals surface area contributed by atoms with Gasteiger partial charge >= 0.3 is 11.9 Å². The van der Waals surface area contributed by atoms with Crippen LogP contribution in [0.4, 0.5) is 0 Å². The molecule has 4 nitrogen and oxygen atoms in total. The Kier molecular flexibility index (Phi) is 10.9. The van der Waals surface area contributed by atoms with Crippen molar-refractivity contribution in [1.29, 1.82) is 0 Å². The third kappa shape index (κ3) is 9.33. The van der Waals surface area contributed by atoms with E-state index in [9.17, 15) is 9.59 Å². The van der Waals surface area contributed by atoms with Gasteiger partial charge in [0.15, 0.2) is 0 Å². The fourth-order valence-corrected chi connectivity index (χ4v) is 2.09. The van der Waals surface area contributed by atoms with E-state index in [1.54, 1.807) is 6.26 Å². The van der Waals surface area contributed by atoms with E-state index in [2.05, 4.69) is 6.92 Å². The van der Waals surface area contributed by atoms with Crippen molar-refractivity contribution >= 4 is 23.7 Å². The molecule has 0 amide bonds. The van der Waals surface area contributed by atoms with Crippen LogP contribution in [0.15, 0.2) is 0 Å². The molecule has 1 unspecified atom stereocenters. The van der Waals surface area contributed by atoms with Crippen molar-refractivity contribution in [1.82, 2.24) is 0 Å². The first-order valence-corrected chi connectivity index (χ1v) is 7.92. The van der Waals surface area contributed by atoms with E-state index < -0.39 is 18.0 Å². The lowest BCUT2D eigenvalue weighted by Crippen LogP contribution is -2.29. The second kappa shape index (κ2) is 11.4. The average molecular weight is 276 g/mol. The molecule has 0 aromatic rings. The van der Waals surface area contributed by atoms with Gasteiger partial charge in [-0.05, 0) is 12.7 Å². The van der Waals surface area contributed by atoms with Crippen molar-refractivity contribution < 1.29 is 19.4 Å². The quantitative estimate of drug-likeness (QED) is 0.464. The van der Waals surface area contributed by atoms with E-state index in [0.29, 0.717) is 12.2 Å². The summed E-state index contributed by atoms with van der Waals surface area (Å²) in [6.07, 6.45) is 7.68. The maximum atomic E-state index is 11.4. The fraction of sp³-hybridized carbons (Fsp3) is 0.846. The summed E-state index contributed by atoms with van der Waals surface area (Å²) in [6.45, 7) is 2.16. The molecule has 0 radical (unpaired) electrons. The minimum Gasteiger partial charge on any atom is -0.478 e. The van der Waals surface area contributed by atoms with Gasteiger partial charge in [-0.2, -0.15) is 11.8 Å². The first kappa shape index (κ1) is 17.3. The van der Waals surface area contributed by atoms with Gasteiger partial charge in [0.25, 0.3) is 0 Å². The van der Waals surface area contributed by atoms with Gasteiger partial charge in [-0.25, -0.2) is 4.79 Å². The van der Waals surface area contributed by atoms with Crippen LogP contribution in [-0.2, 0) is 14.3 Å². The summed E-state index contributed by atoms with van der Waals surface area (Å²) >= 11 is 1.36. The molecular weight excluding hydrogens is 252 g/mol. The van der Waals surface area contributed by atoms with Crippen LogP contribution < -0.4 is 0 Å². The second-order valence-electron chi connectivity index (χ2n) is 4.29. The number of carbonyl (C=O) groups is 2. The lowest BCUT2D eigenvalue weighted by Gasteiger charge is -2.12. The lowest BCUT2D eigenvalue weighted by atomic mass is 10.1. The van der Waals surface area contributed by atoms with E-state index in [0.717, 1.165) is 19.3 Å². The summed E-state index contributed by atoms with van der Waals surface area (Å²) in [7, 11) is 0. The van der Waals surface area contributed by atoms with Crippen molar-refractivity contribution in [3.63, 3.8) is 0 Å². The summed E-state index contributed by atoms with van der Waals surface area (Å²) in [5, 5.41) is 8.83. The Labute approximate surface area is 113 Å². The predicted molar refractivity (Wildman–Crippen MR) is 73.9 cm³/mol. The topological polar surface area (TPSA) is 63.6 Å². The van der Waals surface area contributed by atoms with Gasteiger partial charge in [0.05, 0.1) is 0 Å². The van der Waals surface area contributed by atoms with Crippen LogP contribution in [0.1, 0.15) is 51.9 Å². The molecule has 0 aromatic carbocycles. The zero-order valence-electron chi connectivity index (χ0n) is 11.3. The minimum absolute atomic E-state index is 0.303. The largest absolute Gasteiger partial charge is 0.478 e. The van der Waals surface area contributed by atoms with Gasteiger partial charge in [-0.1, -0.05) is 39.0 Å². The molecule has 5 heteroatoms. The first-order valence-electron chi connectivity index (χ1n) is 6.53. The molecule has 0 aliphatic heterocycles. The van der Waals surface area contributed by atoms with Gasteiger partial charge in [-0.15, -0.1) is 0 Å². The molecule has 18 heavy (non-hydrogen) atoms. The molecule has 0 aromatic heterocycles. The van der Waals surface area contributed by atoms with E-state index >= 15 is 0 Å². The monoisotopic (exact) mass is 276 g/mol. The van der Waals surface area contributed by atoms with Crippen LogP contribution in [0.5, 0.6) is 0 Å². The van der Waals surface area contributed by atoms with Crippen LogP contribution in [0.2, 0.25) is 0 Å². The Morgan fingerprint density at radius 1 is 1.17 bits per heavy atom. The van der Waals surface area contributed by atoms with Crippen LogP contribution in [-0.4, -0.2) is 35.2 Å². The second-order valence-corrected chi connectivity index (χ2v) is 5.20. The highest BCUT2D eigenvalue weighted by Gasteiger charge is 2.20. The number of esters is 1. The molecule has 0 saturated carbocycles. The third-order valence-corrected chi connectivity index (χ3v) is 3.24. The number of hydrogen-bond acceptors (Lipinski definition) is 4. The molecule has 0 heterocycles. The SMILES string of the molecule is CCCCCCCCC(=O)OC(CSC)C(=O)O. The van der Waals surface area contributed by atoms with Gasteiger partial charge in [0, 0.05) is 12.2 Å². The Balaban J connectivity index is 3.65. The van der Waals surface area contributed by atoms with Crippen LogP contribution >= 0.6 is 11.8 Å². The third-order valence-electron chi connectivity index (χ3n) is 2.60. The van der Waals surface area contributed by atoms with Crippen molar-refractivity contribution in [3.8, 4) is 0 Å². The minimum atomic E-state index is -1.07. The molecule has 1 N–H and O–H groups in total. The number of unbranched alkanes of at least 4 members (excludes halogenated alkanes) is 5. The number of hydrogen-bond donors (Lipinski definition) is 1. The number of rotatable bonds is 11. The van der Waals surface area contributed by atoms with Gasteiger partial charge in [-0.3, -0.25) is 4.79 Å². The normalized spacial score (nSPS) is 12.1. The standard InChI is InChI=1S/C13H24O4S/c1-3-4-5-6-7-8-9-12(14)17-11(10-18-2)13(15)16/h11H,3-10H2,1-2H3,(H,15,16). The van der Waals surface area contributed by atoms with Crippen molar-refractivity contribution in [2.75, 3.05) is 12.0 Å². The maximum absolute atomic E-state index is 11.4. The van der Waals surface area contributed by atoms with E-state index in [4.69, 9.17) is 9.84 Å². The molecule has 1 atom stereocenters. The van der Waals surface area contributed by atoms with Crippen molar-refractivity contribution in [3.05, 3.63) is 0 Å². The zero-order chi connectivity index (χ0) is 13.8. The molecular formula is C13H24O4S. The number of carboxylic acids is 1. The summed E-state index contributed by atoms with van der Waals surface area (Å²) < 4.78 is 4.92. The van der Waals surface area contributed by atoms with Gasteiger partial charge < -0.3 is 9.84 Å². The van der Waals surface area contributed by atoms with Crippen LogP contribution in [0, 0.1) is 0 Å². The highest BCUT2D eigenvalue weighted by atomic mass is 32.2. The summed E-state index contributed by atoms with van der Waals surface area (Å²) in [5.74, 6) is -1.16.